The highest BCUT2D eigenvalue weighted by molar-refractivity contribution is 5.97. The van der Waals surface area contributed by atoms with E-state index in [0.717, 1.165) is 18.9 Å². The van der Waals surface area contributed by atoms with Crippen LogP contribution in [0.4, 0.5) is 18.9 Å². The van der Waals surface area contributed by atoms with E-state index in [1.807, 2.05) is 4.90 Å². The predicted octanol–water partition coefficient (Wildman–Crippen LogP) is 2.60. The maximum absolute atomic E-state index is 13.1. The zero-order valence-electron chi connectivity index (χ0n) is 11.7. The molecule has 2 rings (SSSR count). The molecule has 7 heteroatoms. The molecule has 1 saturated heterocycles. The van der Waals surface area contributed by atoms with Crippen molar-refractivity contribution in [1.29, 1.82) is 5.41 Å². The number of amidine groups is 1. The molecule has 21 heavy (non-hydrogen) atoms. The number of methoxy groups -OCH3 is 1. The number of anilines is 1. The molecule has 1 heterocycles. The van der Waals surface area contributed by atoms with Gasteiger partial charge in [0.25, 0.3) is 0 Å². The number of halogens is 3. The van der Waals surface area contributed by atoms with Crippen molar-refractivity contribution in [3.05, 3.63) is 29.3 Å². The Labute approximate surface area is 121 Å². The van der Waals surface area contributed by atoms with E-state index < -0.39 is 17.6 Å². The first-order valence-electron chi connectivity index (χ1n) is 6.66. The van der Waals surface area contributed by atoms with Crippen LogP contribution in [0.1, 0.15) is 24.0 Å². The Hall–Kier alpha value is -1.76. The van der Waals surface area contributed by atoms with Gasteiger partial charge < -0.3 is 15.4 Å². The van der Waals surface area contributed by atoms with Crippen molar-refractivity contribution >= 4 is 11.5 Å². The van der Waals surface area contributed by atoms with E-state index in [1.165, 1.54) is 6.07 Å². The average molecular weight is 301 g/mol. The van der Waals surface area contributed by atoms with Crippen LogP contribution in [0.15, 0.2) is 18.2 Å². The van der Waals surface area contributed by atoms with Crippen LogP contribution in [0.5, 0.6) is 0 Å². The molecule has 1 atom stereocenters. The van der Waals surface area contributed by atoms with Crippen LogP contribution in [0.25, 0.3) is 0 Å². The van der Waals surface area contributed by atoms with Crippen molar-refractivity contribution in [2.45, 2.75) is 25.1 Å². The third-order valence-corrected chi connectivity index (χ3v) is 3.68. The molecule has 1 unspecified atom stereocenters. The number of alkyl halides is 3. The molecule has 0 aliphatic carbocycles. The minimum absolute atomic E-state index is 0.0283. The summed E-state index contributed by atoms with van der Waals surface area (Å²) in [7, 11) is 1.61. The lowest BCUT2D eigenvalue weighted by atomic mass is 10.0. The molecule has 4 nitrogen and oxygen atoms in total. The standard InChI is InChI=1S/C14H18F3N3O/c1-21-10-3-2-6-20(8-10)9-4-5-11(13(18)19)12(7-9)14(15,16)17/h4-5,7,10H,2-3,6,8H2,1H3,(H3,18,19). The molecule has 1 aliphatic heterocycles. The summed E-state index contributed by atoms with van der Waals surface area (Å²) in [5, 5.41) is 7.28. The number of nitrogens with two attached hydrogens (primary N) is 1. The molecule has 0 radical (unpaired) electrons. The molecule has 1 aliphatic rings. The molecule has 116 valence electrons. The Morgan fingerprint density at radius 2 is 2.14 bits per heavy atom. The number of hydrogen-bond acceptors (Lipinski definition) is 3. The van der Waals surface area contributed by atoms with E-state index in [9.17, 15) is 13.2 Å². The van der Waals surface area contributed by atoms with E-state index >= 15 is 0 Å². The quantitative estimate of drug-likeness (QED) is 0.666. The SMILES string of the molecule is COC1CCCN(c2ccc(C(=N)N)c(C(F)(F)F)c2)C1. The molecule has 1 fully saturated rings. The van der Waals surface area contributed by atoms with E-state index in [-0.39, 0.29) is 11.7 Å². The van der Waals surface area contributed by atoms with Crippen molar-refractivity contribution in [2.75, 3.05) is 25.1 Å². The predicted molar refractivity (Wildman–Crippen MR) is 74.7 cm³/mol. The fourth-order valence-electron chi connectivity index (χ4n) is 2.56. The Balaban J connectivity index is 2.35. The minimum atomic E-state index is -4.53. The van der Waals surface area contributed by atoms with Gasteiger partial charge in [0.2, 0.25) is 0 Å². The van der Waals surface area contributed by atoms with Gasteiger partial charge in [-0.15, -0.1) is 0 Å². The van der Waals surface area contributed by atoms with Gasteiger partial charge in [-0.05, 0) is 31.0 Å². The van der Waals surface area contributed by atoms with Crippen LogP contribution in [0, 0.1) is 5.41 Å². The summed E-state index contributed by atoms with van der Waals surface area (Å²) in [6.07, 6.45) is -2.73. The molecular weight excluding hydrogens is 283 g/mol. The number of benzene rings is 1. The lowest BCUT2D eigenvalue weighted by Gasteiger charge is -2.34. The van der Waals surface area contributed by atoms with Crippen LogP contribution in [0.2, 0.25) is 0 Å². The van der Waals surface area contributed by atoms with Crippen LogP contribution >= 0.6 is 0 Å². The maximum atomic E-state index is 13.1. The first kappa shape index (κ1) is 15.6. The zero-order chi connectivity index (χ0) is 15.6. The van der Waals surface area contributed by atoms with Gasteiger partial charge in [-0.1, -0.05) is 0 Å². The summed E-state index contributed by atoms with van der Waals surface area (Å²) < 4.78 is 44.6. The van der Waals surface area contributed by atoms with E-state index in [1.54, 1.807) is 13.2 Å². The van der Waals surface area contributed by atoms with Crippen molar-refractivity contribution in [2.24, 2.45) is 5.73 Å². The second-order valence-corrected chi connectivity index (χ2v) is 5.09. The lowest BCUT2D eigenvalue weighted by molar-refractivity contribution is -0.137. The van der Waals surface area contributed by atoms with E-state index in [2.05, 4.69) is 0 Å². The van der Waals surface area contributed by atoms with Gasteiger partial charge >= 0.3 is 6.18 Å². The molecule has 3 N–H and O–H groups in total. The number of nitrogens with one attached hydrogen (secondary N) is 1. The van der Waals surface area contributed by atoms with Gasteiger partial charge in [-0.3, -0.25) is 5.41 Å². The van der Waals surface area contributed by atoms with Gasteiger partial charge in [-0.25, -0.2) is 0 Å². The Kier molecular flexibility index (Phi) is 4.41. The highest BCUT2D eigenvalue weighted by atomic mass is 19.4. The summed E-state index contributed by atoms with van der Waals surface area (Å²) in [5.41, 5.74) is 4.56. The highest BCUT2D eigenvalue weighted by Gasteiger charge is 2.35. The number of piperidine rings is 1. The van der Waals surface area contributed by atoms with Gasteiger partial charge in [0.05, 0.1) is 11.7 Å². The summed E-state index contributed by atoms with van der Waals surface area (Å²) in [6, 6.07) is 3.90. The van der Waals surface area contributed by atoms with Crippen LogP contribution in [0.3, 0.4) is 0 Å². The molecular formula is C14H18F3N3O. The topological polar surface area (TPSA) is 62.3 Å². The third-order valence-electron chi connectivity index (χ3n) is 3.68. The number of rotatable bonds is 3. The molecule has 0 amide bonds. The summed E-state index contributed by atoms with van der Waals surface area (Å²) in [5.74, 6) is -0.581. The van der Waals surface area contributed by atoms with Crippen molar-refractivity contribution in [1.82, 2.24) is 0 Å². The van der Waals surface area contributed by atoms with Crippen molar-refractivity contribution < 1.29 is 17.9 Å². The number of hydrogen-bond donors (Lipinski definition) is 2. The fraction of sp³-hybridized carbons (Fsp3) is 0.500. The Morgan fingerprint density at radius 3 is 2.71 bits per heavy atom. The third kappa shape index (κ3) is 3.47. The monoisotopic (exact) mass is 301 g/mol. The zero-order valence-corrected chi connectivity index (χ0v) is 11.7. The molecule has 0 aromatic heterocycles. The Bertz CT molecular complexity index is 531. The Morgan fingerprint density at radius 1 is 1.43 bits per heavy atom. The summed E-state index contributed by atoms with van der Waals surface area (Å²) in [6.45, 7) is 1.25. The van der Waals surface area contributed by atoms with Crippen LogP contribution in [-0.4, -0.2) is 32.1 Å². The molecule has 1 aromatic carbocycles. The summed E-state index contributed by atoms with van der Waals surface area (Å²) >= 11 is 0. The largest absolute Gasteiger partial charge is 0.417 e. The summed E-state index contributed by atoms with van der Waals surface area (Å²) in [4.78, 5) is 1.87. The fourth-order valence-corrected chi connectivity index (χ4v) is 2.56. The molecule has 1 aromatic rings. The van der Waals surface area contributed by atoms with Crippen molar-refractivity contribution in [3.63, 3.8) is 0 Å². The van der Waals surface area contributed by atoms with Gasteiger partial charge in [0.1, 0.15) is 5.84 Å². The first-order valence-corrected chi connectivity index (χ1v) is 6.66. The van der Waals surface area contributed by atoms with Crippen LogP contribution < -0.4 is 10.6 Å². The minimum Gasteiger partial charge on any atom is -0.384 e. The number of nitrogens with zero attached hydrogens (tertiary/aromatic N) is 1. The average Bonchev–Trinajstić information content (AvgIpc) is 2.45. The number of nitrogen functional groups attached to an aromatic ring is 1. The van der Waals surface area contributed by atoms with E-state index in [4.69, 9.17) is 15.9 Å². The molecule has 0 spiro atoms. The smallest absolute Gasteiger partial charge is 0.384 e. The van der Waals surface area contributed by atoms with Gasteiger partial charge in [-0.2, -0.15) is 13.2 Å². The molecule has 0 saturated carbocycles. The first-order chi connectivity index (χ1) is 9.82. The highest BCUT2D eigenvalue weighted by Crippen LogP contribution is 2.35. The second kappa shape index (κ2) is 5.93. The maximum Gasteiger partial charge on any atom is 0.417 e. The lowest BCUT2D eigenvalue weighted by Crippen LogP contribution is -2.39. The second-order valence-electron chi connectivity index (χ2n) is 5.09. The normalized spacial score (nSPS) is 19.6. The van der Waals surface area contributed by atoms with E-state index in [0.29, 0.717) is 18.8 Å². The molecule has 0 bridgehead atoms. The van der Waals surface area contributed by atoms with Crippen LogP contribution in [-0.2, 0) is 10.9 Å². The van der Waals surface area contributed by atoms with Crippen molar-refractivity contribution in [3.8, 4) is 0 Å². The van der Waals surface area contributed by atoms with Gasteiger partial charge in [0.15, 0.2) is 0 Å². The number of ether oxygens (including phenoxy) is 1. The van der Waals surface area contributed by atoms with Gasteiger partial charge in [0, 0.05) is 31.5 Å².